The fourth-order valence-electron chi connectivity index (χ4n) is 2.97. The minimum Gasteiger partial charge on any atom is -0.497 e. The molecule has 0 aromatic carbocycles. The molecule has 10 nitrogen and oxygen atoms in total. The maximum atomic E-state index is 12.8. The number of carbonyl (C=O) groups is 5. The topological polar surface area (TPSA) is 148 Å². The van der Waals surface area contributed by atoms with E-state index in [0.29, 0.717) is 11.3 Å². The highest BCUT2D eigenvalue weighted by Gasteiger charge is 2.30. The van der Waals surface area contributed by atoms with Crippen molar-refractivity contribution < 1.29 is 38.6 Å². The Morgan fingerprint density at radius 3 is 2.41 bits per heavy atom. The largest absolute Gasteiger partial charge is 0.497 e. The molecule has 0 saturated carbocycles. The van der Waals surface area contributed by atoms with Crippen molar-refractivity contribution in [3.63, 3.8) is 0 Å². The summed E-state index contributed by atoms with van der Waals surface area (Å²) in [5.74, 6) is -3.64. The van der Waals surface area contributed by atoms with Crippen molar-refractivity contribution in [2.45, 2.75) is 56.0 Å². The van der Waals surface area contributed by atoms with Crippen LogP contribution in [-0.4, -0.2) is 64.4 Å². The Morgan fingerprint density at radius 2 is 1.88 bits per heavy atom. The Labute approximate surface area is 200 Å². The highest BCUT2D eigenvalue weighted by molar-refractivity contribution is 14.1. The van der Waals surface area contributed by atoms with Crippen LogP contribution in [0.15, 0.2) is 23.5 Å². The van der Waals surface area contributed by atoms with Gasteiger partial charge >= 0.3 is 11.9 Å². The second-order valence-corrected chi connectivity index (χ2v) is 9.19. The zero-order chi connectivity index (χ0) is 24.4. The van der Waals surface area contributed by atoms with Crippen molar-refractivity contribution in [1.82, 2.24) is 10.6 Å². The van der Waals surface area contributed by atoms with Gasteiger partial charge in [-0.05, 0) is 18.4 Å². The number of carbonyl (C=O) groups excluding carboxylic acids is 4. The second-order valence-electron chi connectivity index (χ2n) is 7.59. The molecule has 0 aromatic rings. The summed E-state index contributed by atoms with van der Waals surface area (Å²) in [6, 6.07) is -2.41. The third-order valence-electron chi connectivity index (χ3n) is 4.57. The Kier molecular flexibility index (Phi) is 11.4. The molecule has 178 valence electrons. The van der Waals surface area contributed by atoms with Crippen LogP contribution in [0, 0.1) is 5.92 Å². The second kappa shape index (κ2) is 13.2. The van der Waals surface area contributed by atoms with Crippen LogP contribution < -0.4 is 10.6 Å². The molecule has 0 heterocycles. The predicted molar refractivity (Wildman–Crippen MR) is 123 cm³/mol. The summed E-state index contributed by atoms with van der Waals surface area (Å²) in [5, 5.41) is 14.1. The molecule has 3 atom stereocenters. The summed E-state index contributed by atoms with van der Waals surface area (Å²) >= 11 is 2.25. The molecule has 0 fully saturated rings. The Balaban J connectivity index is 2.87. The first-order valence-electron chi connectivity index (χ1n) is 10.0. The van der Waals surface area contributed by atoms with Crippen molar-refractivity contribution in [2.75, 3.05) is 13.7 Å². The number of aliphatic carboxylic acids is 1. The molecule has 32 heavy (non-hydrogen) atoms. The SMILES string of the molecule is COC1=CCC(I)C=C1CC(=O)N[C@H](C(=O)NC(CC(=O)O)C(=O)COC(C)=O)C(C)C. The number of halogens is 1. The number of hydrogen-bond donors (Lipinski definition) is 3. The number of carboxylic acids is 1. The van der Waals surface area contributed by atoms with Crippen LogP contribution in [0.2, 0.25) is 0 Å². The van der Waals surface area contributed by atoms with Crippen LogP contribution in [0.5, 0.6) is 0 Å². The number of nitrogens with one attached hydrogen (secondary N) is 2. The number of allylic oxidation sites excluding steroid dienone is 3. The molecule has 0 saturated heterocycles. The number of carboxylic acid groups (broad SMARTS) is 1. The predicted octanol–water partition coefficient (Wildman–Crippen LogP) is 1.27. The van der Waals surface area contributed by atoms with E-state index < -0.39 is 54.6 Å². The van der Waals surface area contributed by atoms with E-state index in [0.717, 1.165) is 13.3 Å². The molecule has 0 spiro atoms. The van der Waals surface area contributed by atoms with Gasteiger partial charge in [-0.15, -0.1) is 0 Å². The van der Waals surface area contributed by atoms with E-state index in [4.69, 9.17) is 9.84 Å². The van der Waals surface area contributed by atoms with Gasteiger partial charge in [-0.3, -0.25) is 24.0 Å². The van der Waals surface area contributed by atoms with Crippen LogP contribution in [0.4, 0.5) is 0 Å². The molecule has 0 aromatic heterocycles. The third kappa shape index (κ3) is 9.37. The summed E-state index contributed by atoms with van der Waals surface area (Å²) in [4.78, 5) is 59.7. The van der Waals surface area contributed by atoms with Crippen molar-refractivity contribution in [1.29, 1.82) is 0 Å². The molecule has 0 radical (unpaired) electrons. The number of rotatable bonds is 12. The van der Waals surface area contributed by atoms with Gasteiger partial charge in [-0.1, -0.05) is 42.5 Å². The Morgan fingerprint density at radius 1 is 1.22 bits per heavy atom. The van der Waals surface area contributed by atoms with Crippen molar-refractivity contribution in [2.24, 2.45) is 5.92 Å². The molecule has 1 rings (SSSR count). The lowest BCUT2D eigenvalue weighted by Gasteiger charge is -2.25. The van der Waals surface area contributed by atoms with Gasteiger partial charge < -0.3 is 25.2 Å². The average Bonchev–Trinajstić information content (AvgIpc) is 2.69. The fourth-order valence-corrected chi connectivity index (χ4v) is 3.66. The normalized spacial score (nSPS) is 17.4. The van der Waals surface area contributed by atoms with E-state index in [1.54, 1.807) is 13.8 Å². The smallest absolute Gasteiger partial charge is 0.305 e. The van der Waals surface area contributed by atoms with E-state index in [-0.39, 0.29) is 16.3 Å². The first kappa shape index (κ1) is 27.6. The van der Waals surface area contributed by atoms with Gasteiger partial charge in [0, 0.05) is 16.4 Å². The minimum absolute atomic E-state index is 0.000385. The molecular formula is C21H29IN2O8. The van der Waals surface area contributed by atoms with Gasteiger partial charge in [-0.25, -0.2) is 0 Å². The number of ether oxygens (including phenoxy) is 2. The number of ketones is 1. The van der Waals surface area contributed by atoms with E-state index in [2.05, 4.69) is 38.0 Å². The monoisotopic (exact) mass is 564 g/mol. The van der Waals surface area contributed by atoms with Crippen molar-refractivity contribution >= 4 is 52.1 Å². The minimum atomic E-state index is -1.40. The number of alkyl halides is 1. The van der Waals surface area contributed by atoms with Gasteiger partial charge in [0.25, 0.3) is 0 Å². The van der Waals surface area contributed by atoms with E-state index in [9.17, 15) is 24.0 Å². The Hall–Kier alpha value is -2.44. The quantitative estimate of drug-likeness (QED) is 0.183. The summed E-state index contributed by atoms with van der Waals surface area (Å²) in [5.41, 5.74) is 0.707. The summed E-state index contributed by atoms with van der Waals surface area (Å²) in [6.45, 7) is 3.86. The molecule has 0 bridgehead atoms. The van der Waals surface area contributed by atoms with Gasteiger partial charge in [0.15, 0.2) is 12.4 Å². The van der Waals surface area contributed by atoms with E-state index >= 15 is 0 Å². The molecule has 1 aliphatic carbocycles. The first-order chi connectivity index (χ1) is 14.9. The molecule has 2 unspecified atom stereocenters. The summed E-state index contributed by atoms with van der Waals surface area (Å²) < 4.78 is 10.1. The number of Topliss-reactive ketones (excluding diaryl/α,β-unsaturated/α-hetero) is 1. The zero-order valence-corrected chi connectivity index (χ0v) is 20.6. The lowest BCUT2D eigenvalue weighted by molar-refractivity contribution is -0.147. The Bertz CT molecular complexity index is 806. The molecule has 2 amide bonds. The number of methoxy groups -OCH3 is 1. The maximum absolute atomic E-state index is 12.8. The van der Waals surface area contributed by atoms with Crippen LogP contribution >= 0.6 is 22.6 Å². The third-order valence-corrected chi connectivity index (χ3v) is 5.43. The lowest BCUT2D eigenvalue weighted by Crippen LogP contribution is -2.54. The molecule has 3 N–H and O–H groups in total. The summed E-state index contributed by atoms with van der Waals surface area (Å²) in [6.07, 6.45) is 3.94. The number of esters is 1. The van der Waals surface area contributed by atoms with Crippen LogP contribution in [-0.2, 0) is 33.4 Å². The first-order valence-corrected chi connectivity index (χ1v) is 11.3. The highest BCUT2D eigenvalue weighted by atomic mass is 127. The van der Waals surface area contributed by atoms with Crippen LogP contribution in [0.25, 0.3) is 0 Å². The van der Waals surface area contributed by atoms with E-state index in [1.165, 1.54) is 7.11 Å². The van der Waals surface area contributed by atoms with Gasteiger partial charge in [-0.2, -0.15) is 0 Å². The average molecular weight is 564 g/mol. The number of amides is 2. The lowest BCUT2D eigenvalue weighted by atomic mass is 9.99. The zero-order valence-electron chi connectivity index (χ0n) is 18.5. The fraction of sp³-hybridized carbons (Fsp3) is 0.571. The molecular weight excluding hydrogens is 535 g/mol. The van der Waals surface area contributed by atoms with Gasteiger partial charge in [0.1, 0.15) is 17.8 Å². The van der Waals surface area contributed by atoms with Crippen molar-refractivity contribution in [3.8, 4) is 0 Å². The standard InChI is InChI=1S/C21H29IN2O8/c1-11(2)20(24-18(27)8-13-7-14(22)5-6-17(13)31-4)21(30)23-15(9-19(28)29)16(26)10-32-12(3)25/h6-7,11,14-15,20H,5,8-10H2,1-4H3,(H,23,30)(H,24,27)(H,28,29)/t14?,15?,20-/m0/s1. The molecule has 1 aliphatic rings. The van der Waals surface area contributed by atoms with E-state index in [1.807, 2.05) is 12.2 Å². The van der Waals surface area contributed by atoms with Gasteiger partial charge in [0.05, 0.1) is 20.0 Å². The molecule has 0 aliphatic heterocycles. The molecule has 11 heteroatoms. The van der Waals surface area contributed by atoms with Crippen molar-refractivity contribution in [3.05, 3.63) is 23.5 Å². The van der Waals surface area contributed by atoms with Crippen LogP contribution in [0.1, 0.15) is 40.0 Å². The summed E-state index contributed by atoms with van der Waals surface area (Å²) in [7, 11) is 1.52. The van der Waals surface area contributed by atoms with Gasteiger partial charge in [0.2, 0.25) is 11.8 Å². The highest BCUT2D eigenvalue weighted by Crippen LogP contribution is 2.26. The number of hydrogen-bond acceptors (Lipinski definition) is 7. The maximum Gasteiger partial charge on any atom is 0.305 e. The van der Waals surface area contributed by atoms with Crippen LogP contribution in [0.3, 0.4) is 0 Å².